The fourth-order valence-electron chi connectivity index (χ4n) is 1.78. The second kappa shape index (κ2) is 6.43. The minimum Gasteiger partial charge on any atom is -0.480 e. The van der Waals surface area contributed by atoms with Gasteiger partial charge in [0.25, 0.3) is 0 Å². The van der Waals surface area contributed by atoms with E-state index in [1.54, 1.807) is 0 Å². The van der Waals surface area contributed by atoms with Gasteiger partial charge in [0.05, 0.1) is 0 Å². The third kappa shape index (κ3) is 4.14. The zero-order valence-corrected chi connectivity index (χ0v) is 11.6. The zero-order valence-electron chi connectivity index (χ0n) is 10.7. The maximum Gasteiger partial charge on any atom is 0.317 e. The number of carboxylic acids is 1. The summed E-state index contributed by atoms with van der Waals surface area (Å²) in [6, 6.07) is 17.7. The summed E-state index contributed by atoms with van der Waals surface area (Å²) in [6.07, 6.45) is 0.537. The van der Waals surface area contributed by atoms with Crippen molar-refractivity contribution in [3.8, 4) is 0 Å². The molecule has 2 aromatic carbocycles. The summed E-state index contributed by atoms with van der Waals surface area (Å²) >= 11 is 1.40. The molecule has 1 N–H and O–H groups in total. The normalized spacial score (nSPS) is 12.1. The van der Waals surface area contributed by atoms with E-state index in [0.717, 1.165) is 10.5 Å². The van der Waals surface area contributed by atoms with Crippen molar-refractivity contribution in [2.24, 2.45) is 0 Å². The van der Waals surface area contributed by atoms with Crippen molar-refractivity contribution in [2.45, 2.75) is 23.5 Å². The van der Waals surface area contributed by atoms with Crippen molar-refractivity contribution in [3.63, 3.8) is 0 Å². The molecule has 1 atom stereocenters. The Balaban J connectivity index is 2.08. The van der Waals surface area contributed by atoms with Gasteiger partial charge in [-0.05, 0) is 31.0 Å². The molecule has 0 aliphatic heterocycles. The first-order valence-corrected chi connectivity index (χ1v) is 7.03. The van der Waals surface area contributed by atoms with Gasteiger partial charge >= 0.3 is 5.97 Å². The van der Waals surface area contributed by atoms with Gasteiger partial charge < -0.3 is 5.11 Å². The first-order chi connectivity index (χ1) is 9.15. The standard InChI is InChI=1S/C16H16O2S/c1-12-7-9-13(10-8-12)11-15(16(17)18)19-14-5-3-2-4-6-14/h2-10,15H,11H2,1H3,(H,17,18)/t15-/m1/s1. The van der Waals surface area contributed by atoms with Crippen LogP contribution in [0.4, 0.5) is 0 Å². The van der Waals surface area contributed by atoms with E-state index in [0.29, 0.717) is 6.42 Å². The SMILES string of the molecule is Cc1ccc(C[C@@H](Sc2ccccc2)C(=O)O)cc1. The smallest absolute Gasteiger partial charge is 0.317 e. The number of rotatable bonds is 5. The van der Waals surface area contributed by atoms with E-state index < -0.39 is 11.2 Å². The number of carbonyl (C=O) groups is 1. The van der Waals surface area contributed by atoms with Crippen LogP contribution in [-0.2, 0) is 11.2 Å². The molecule has 0 saturated carbocycles. The molecule has 0 fully saturated rings. The highest BCUT2D eigenvalue weighted by molar-refractivity contribution is 8.00. The van der Waals surface area contributed by atoms with Crippen molar-refractivity contribution < 1.29 is 9.90 Å². The summed E-state index contributed by atoms with van der Waals surface area (Å²) in [7, 11) is 0. The lowest BCUT2D eigenvalue weighted by atomic mass is 10.1. The van der Waals surface area contributed by atoms with Gasteiger partial charge in [0, 0.05) is 4.90 Å². The Hall–Kier alpha value is -1.74. The fraction of sp³-hybridized carbons (Fsp3) is 0.188. The first-order valence-electron chi connectivity index (χ1n) is 6.15. The third-order valence-corrected chi connectivity index (χ3v) is 4.04. The Kier molecular flexibility index (Phi) is 4.63. The molecule has 0 aromatic heterocycles. The molecular weight excluding hydrogens is 256 g/mol. The average molecular weight is 272 g/mol. The van der Waals surface area contributed by atoms with Gasteiger partial charge in [-0.15, -0.1) is 11.8 Å². The lowest BCUT2D eigenvalue weighted by Gasteiger charge is -2.12. The van der Waals surface area contributed by atoms with E-state index in [1.165, 1.54) is 17.3 Å². The van der Waals surface area contributed by atoms with Crippen LogP contribution in [0.1, 0.15) is 11.1 Å². The number of carboxylic acid groups (broad SMARTS) is 1. The molecule has 0 saturated heterocycles. The van der Waals surface area contributed by atoms with Crippen molar-refractivity contribution in [1.29, 1.82) is 0 Å². The Morgan fingerprint density at radius 3 is 2.32 bits per heavy atom. The molecule has 2 aromatic rings. The van der Waals surface area contributed by atoms with Crippen LogP contribution in [0.15, 0.2) is 59.5 Å². The Bertz CT molecular complexity index is 534. The Morgan fingerprint density at radius 2 is 1.74 bits per heavy atom. The van der Waals surface area contributed by atoms with Crippen LogP contribution in [0.5, 0.6) is 0 Å². The Morgan fingerprint density at radius 1 is 1.11 bits per heavy atom. The molecule has 2 nitrogen and oxygen atoms in total. The minimum absolute atomic E-state index is 0.454. The third-order valence-electron chi connectivity index (χ3n) is 2.84. The van der Waals surface area contributed by atoms with Gasteiger partial charge in [-0.2, -0.15) is 0 Å². The number of hydrogen-bond acceptors (Lipinski definition) is 2. The molecule has 0 aliphatic rings. The molecule has 19 heavy (non-hydrogen) atoms. The molecule has 0 radical (unpaired) electrons. The second-order valence-electron chi connectivity index (χ2n) is 4.45. The molecule has 0 bridgehead atoms. The number of hydrogen-bond donors (Lipinski definition) is 1. The number of aryl methyl sites for hydroxylation is 1. The van der Waals surface area contributed by atoms with Crippen LogP contribution >= 0.6 is 11.8 Å². The predicted molar refractivity (Wildman–Crippen MR) is 78.6 cm³/mol. The molecule has 2 rings (SSSR count). The van der Waals surface area contributed by atoms with Gasteiger partial charge in [0.15, 0.2) is 0 Å². The van der Waals surface area contributed by atoms with Gasteiger partial charge in [0.2, 0.25) is 0 Å². The quantitative estimate of drug-likeness (QED) is 0.842. The average Bonchev–Trinajstić information content (AvgIpc) is 2.41. The molecule has 0 spiro atoms. The van der Waals surface area contributed by atoms with Gasteiger partial charge in [-0.3, -0.25) is 4.79 Å². The fourth-order valence-corrected chi connectivity index (χ4v) is 2.80. The van der Waals surface area contributed by atoms with Gasteiger partial charge in [-0.1, -0.05) is 48.0 Å². The highest BCUT2D eigenvalue weighted by Crippen LogP contribution is 2.26. The summed E-state index contributed by atoms with van der Waals surface area (Å²) in [5.41, 5.74) is 2.24. The monoisotopic (exact) mass is 272 g/mol. The second-order valence-corrected chi connectivity index (χ2v) is 5.72. The maximum absolute atomic E-state index is 11.4. The molecule has 0 heterocycles. The number of aliphatic carboxylic acids is 1. The zero-order chi connectivity index (χ0) is 13.7. The van der Waals surface area contributed by atoms with Gasteiger partial charge in [-0.25, -0.2) is 0 Å². The number of thioether (sulfide) groups is 1. The summed E-state index contributed by atoms with van der Waals surface area (Å²) < 4.78 is 0. The van der Waals surface area contributed by atoms with Gasteiger partial charge in [0.1, 0.15) is 5.25 Å². The molecular formula is C16H16O2S. The lowest BCUT2D eigenvalue weighted by Crippen LogP contribution is -2.19. The van der Waals surface area contributed by atoms with E-state index >= 15 is 0 Å². The molecule has 3 heteroatoms. The van der Waals surface area contributed by atoms with E-state index in [4.69, 9.17) is 0 Å². The van der Waals surface area contributed by atoms with E-state index in [2.05, 4.69) is 0 Å². The highest BCUT2D eigenvalue weighted by Gasteiger charge is 2.19. The summed E-state index contributed by atoms with van der Waals surface area (Å²) in [5.74, 6) is -0.769. The van der Waals surface area contributed by atoms with Crippen molar-refractivity contribution in [2.75, 3.05) is 0 Å². The molecule has 0 amide bonds. The Labute approximate surface area is 117 Å². The van der Waals surface area contributed by atoms with Crippen LogP contribution in [0, 0.1) is 6.92 Å². The van der Waals surface area contributed by atoms with Crippen LogP contribution in [0.2, 0.25) is 0 Å². The predicted octanol–water partition coefficient (Wildman–Crippen LogP) is 3.78. The van der Waals surface area contributed by atoms with Crippen molar-refractivity contribution in [3.05, 3.63) is 65.7 Å². The van der Waals surface area contributed by atoms with Crippen LogP contribution < -0.4 is 0 Å². The summed E-state index contributed by atoms with van der Waals surface area (Å²) in [6.45, 7) is 2.02. The van der Waals surface area contributed by atoms with Crippen molar-refractivity contribution in [1.82, 2.24) is 0 Å². The largest absolute Gasteiger partial charge is 0.480 e. The van der Waals surface area contributed by atoms with Crippen LogP contribution in [0.3, 0.4) is 0 Å². The summed E-state index contributed by atoms with van der Waals surface area (Å²) in [4.78, 5) is 12.3. The lowest BCUT2D eigenvalue weighted by molar-refractivity contribution is -0.136. The summed E-state index contributed by atoms with van der Waals surface area (Å²) in [5, 5.41) is 8.88. The topological polar surface area (TPSA) is 37.3 Å². The van der Waals surface area contributed by atoms with Crippen molar-refractivity contribution >= 4 is 17.7 Å². The van der Waals surface area contributed by atoms with E-state index in [9.17, 15) is 9.90 Å². The molecule has 0 unspecified atom stereocenters. The van der Waals surface area contributed by atoms with E-state index in [-0.39, 0.29) is 0 Å². The van der Waals surface area contributed by atoms with Crippen LogP contribution in [0.25, 0.3) is 0 Å². The van der Waals surface area contributed by atoms with Crippen LogP contribution in [-0.4, -0.2) is 16.3 Å². The molecule has 0 aliphatic carbocycles. The number of benzene rings is 2. The van der Waals surface area contributed by atoms with E-state index in [1.807, 2.05) is 61.5 Å². The first kappa shape index (κ1) is 13.7. The maximum atomic E-state index is 11.4. The minimum atomic E-state index is -0.769. The highest BCUT2D eigenvalue weighted by atomic mass is 32.2. The molecule has 98 valence electrons.